The number of carbonyl (C=O) groups excluding carboxylic acids is 1. The summed E-state index contributed by atoms with van der Waals surface area (Å²) in [5.74, 6) is 0.562. The van der Waals surface area contributed by atoms with Crippen LogP contribution >= 0.6 is 11.6 Å². The fourth-order valence-electron chi connectivity index (χ4n) is 4.13. The number of aromatic nitrogens is 2. The molecule has 1 fully saturated rings. The molecule has 1 saturated heterocycles. The van der Waals surface area contributed by atoms with Crippen LogP contribution in [0.4, 0.5) is 5.69 Å². The molecule has 7 heteroatoms. The first-order chi connectivity index (χ1) is 16.0. The number of carbonyl (C=O) groups is 1. The summed E-state index contributed by atoms with van der Waals surface area (Å²) in [7, 11) is 0. The Kier molecular flexibility index (Phi) is 8.45. The minimum atomic E-state index is -0.246. The average Bonchev–Trinajstić information content (AvgIpc) is 2.74. The lowest BCUT2D eigenvalue weighted by molar-refractivity contribution is -0.146. The zero-order valence-corrected chi connectivity index (χ0v) is 22.3. The number of esters is 1. The number of anilines is 1. The van der Waals surface area contributed by atoms with E-state index < -0.39 is 0 Å². The Morgan fingerprint density at radius 1 is 1.15 bits per heavy atom. The van der Waals surface area contributed by atoms with Crippen LogP contribution in [0.25, 0.3) is 11.1 Å². The van der Waals surface area contributed by atoms with Gasteiger partial charge in [-0.1, -0.05) is 39.3 Å². The largest absolute Gasteiger partial charge is 0.476 e. The van der Waals surface area contributed by atoms with E-state index in [-0.39, 0.29) is 18.5 Å². The minimum Gasteiger partial charge on any atom is -0.476 e. The molecule has 6 nitrogen and oxygen atoms in total. The number of aryl methyl sites for hydroxylation is 1. The number of nitrogens with zero attached hydrogens (tertiary/aromatic N) is 3. The van der Waals surface area contributed by atoms with Crippen molar-refractivity contribution in [3.05, 3.63) is 34.7 Å². The summed E-state index contributed by atoms with van der Waals surface area (Å²) in [6, 6.07) is 1.88. The number of halogens is 1. The van der Waals surface area contributed by atoms with Gasteiger partial charge in [-0.25, -0.2) is 4.98 Å². The maximum absolute atomic E-state index is 12.7. The number of hydrogen-bond acceptors (Lipinski definition) is 6. The molecule has 0 unspecified atom stereocenters. The molecule has 34 heavy (non-hydrogen) atoms. The average molecular weight is 488 g/mol. The van der Waals surface area contributed by atoms with E-state index in [9.17, 15) is 4.79 Å². The van der Waals surface area contributed by atoms with Crippen LogP contribution in [-0.4, -0.2) is 41.7 Å². The van der Waals surface area contributed by atoms with E-state index in [1.807, 2.05) is 33.0 Å². The molecule has 2 aromatic heterocycles. The van der Waals surface area contributed by atoms with Crippen molar-refractivity contribution in [3.8, 4) is 17.0 Å². The van der Waals surface area contributed by atoms with Gasteiger partial charge in [0.25, 0.3) is 0 Å². The highest BCUT2D eigenvalue weighted by Crippen LogP contribution is 2.41. The second kappa shape index (κ2) is 10.9. The Morgan fingerprint density at radius 2 is 1.82 bits per heavy atom. The molecule has 3 heterocycles. The molecule has 2 aromatic rings. The van der Waals surface area contributed by atoms with Gasteiger partial charge in [-0.3, -0.25) is 9.78 Å². The van der Waals surface area contributed by atoms with Crippen molar-refractivity contribution in [1.29, 1.82) is 0 Å². The van der Waals surface area contributed by atoms with E-state index in [0.717, 1.165) is 54.0 Å². The zero-order valence-electron chi connectivity index (χ0n) is 21.6. The minimum absolute atomic E-state index is 0.162. The molecule has 0 aromatic carbocycles. The Bertz CT molecular complexity index is 1010. The molecule has 0 saturated carbocycles. The lowest BCUT2D eigenvalue weighted by Crippen LogP contribution is -2.38. The summed E-state index contributed by atoms with van der Waals surface area (Å²) >= 11 is 6.56. The Morgan fingerprint density at radius 3 is 2.41 bits per heavy atom. The van der Waals surface area contributed by atoms with E-state index in [1.165, 1.54) is 0 Å². The van der Waals surface area contributed by atoms with Crippen molar-refractivity contribution in [2.45, 2.75) is 73.8 Å². The first kappa shape index (κ1) is 26.3. The van der Waals surface area contributed by atoms with Crippen molar-refractivity contribution < 1.29 is 14.3 Å². The molecule has 0 N–H and O–H groups in total. The quantitative estimate of drug-likeness (QED) is 0.409. The van der Waals surface area contributed by atoms with Gasteiger partial charge < -0.3 is 14.4 Å². The fraction of sp³-hybridized carbons (Fsp3) is 0.593. The standard InChI is InChI=1S/C27H38ClN3O3/c1-17(2)16-33-26-23(28)12-20(14-30-26)22-15-29-19(5)21(13-24(32)34-18(3)4)25(22)31-10-8-27(6,7)9-11-31/h12,14-15,17-18H,8-11,13,16H2,1-7H3. The van der Waals surface area contributed by atoms with Gasteiger partial charge in [0, 0.05) is 47.9 Å². The maximum atomic E-state index is 12.7. The van der Waals surface area contributed by atoms with Gasteiger partial charge in [0.05, 0.1) is 24.8 Å². The van der Waals surface area contributed by atoms with Crippen molar-refractivity contribution >= 4 is 23.3 Å². The number of piperidine rings is 1. The molecule has 1 aliphatic rings. The van der Waals surface area contributed by atoms with E-state index in [2.05, 4.69) is 42.6 Å². The number of rotatable bonds is 8. The Labute approximate surface area is 209 Å². The number of ether oxygens (including phenoxy) is 2. The maximum Gasteiger partial charge on any atom is 0.310 e. The number of hydrogen-bond donors (Lipinski definition) is 0. The third-order valence-electron chi connectivity index (χ3n) is 6.16. The molecule has 0 amide bonds. The van der Waals surface area contributed by atoms with Crippen molar-refractivity contribution in [2.24, 2.45) is 11.3 Å². The second-order valence-electron chi connectivity index (χ2n) is 10.7. The van der Waals surface area contributed by atoms with Crippen molar-refractivity contribution in [2.75, 3.05) is 24.6 Å². The topological polar surface area (TPSA) is 64.6 Å². The normalized spacial score (nSPS) is 15.6. The molecule has 0 bridgehead atoms. The molecule has 0 radical (unpaired) electrons. The van der Waals surface area contributed by atoms with Crippen LogP contribution in [0.3, 0.4) is 0 Å². The van der Waals surface area contributed by atoms with E-state index in [0.29, 0.717) is 28.8 Å². The Hall–Kier alpha value is -2.34. The molecular weight excluding hydrogens is 450 g/mol. The SMILES string of the molecule is Cc1ncc(-c2cnc(OCC(C)C)c(Cl)c2)c(N2CCC(C)(C)CC2)c1CC(=O)OC(C)C. The van der Waals surface area contributed by atoms with Crippen LogP contribution in [0.1, 0.15) is 65.6 Å². The summed E-state index contributed by atoms with van der Waals surface area (Å²) in [6.45, 7) is 16.8. The molecule has 3 rings (SSSR count). The molecule has 0 atom stereocenters. The van der Waals surface area contributed by atoms with Gasteiger partial charge in [0.2, 0.25) is 5.88 Å². The lowest BCUT2D eigenvalue weighted by Gasteiger charge is -2.40. The van der Waals surface area contributed by atoms with Crippen molar-refractivity contribution in [1.82, 2.24) is 9.97 Å². The first-order valence-corrected chi connectivity index (χ1v) is 12.6. The van der Waals surface area contributed by atoms with Crippen LogP contribution in [0.5, 0.6) is 5.88 Å². The van der Waals surface area contributed by atoms with Crippen LogP contribution in [-0.2, 0) is 16.0 Å². The van der Waals surface area contributed by atoms with Gasteiger partial charge in [-0.15, -0.1) is 0 Å². The van der Waals surface area contributed by atoms with E-state index >= 15 is 0 Å². The molecule has 0 spiro atoms. The highest BCUT2D eigenvalue weighted by molar-refractivity contribution is 6.32. The molecule has 0 aliphatic carbocycles. The smallest absolute Gasteiger partial charge is 0.310 e. The monoisotopic (exact) mass is 487 g/mol. The second-order valence-corrected chi connectivity index (χ2v) is 11.1. The van der Waals surface area contributed by atoms with Gasteiger partial charge in [0.1, 0.15) is 5.02 Å². The molecular formula is C27H38ClN3O3. The summed E-state index contributed by atoms with van der Waals surface area (Å²) < 4.78 is 11.2. The van der Waals surface area contributed by atoms with Crippen LogP contribution in [0, 0.1) is 18.3 Å². The van der Waals surface area contributed by atoms with Gasteiger partial charge in [0.15, 0.2) is 0 Å². The zero-order chi connectivity index (χ0) is 25.0. The summed E-state index contributed by atoms with van der Waals surface area (Å²) in [5.41, 5.74) is 4.84. The highest BCUT2D eigenvalue weighted by Gasteiger charge is 2.30. The van der Waals surface area contributed by atoms with Gasteiger partial charge in [-0.05, 0) is 51.0 Å². The van der Waals surface area contributed by atoms with E-state index in [1.54, 1.807) is 6.20 Å². The molecule has 186 valence electrons. The van der Waals surface area contributed by atoms with E-state index in [4.69, 9.17) is 21.1 Å². The summed E-state index contributed by atoms with van der Waals surface area (Å²) in [6.07, 6.45) is 5.81. The predicted octanol–water partition coefficient (Wildman–Crippen LogP) is 6.26. The van der Waals surface area contributed by atoms with Gasteiger partial charge in [-0.2, -0.15) is 0 Å². The van der Waals surface area contributed by atoms with Crippen LogP contribution in [0.15, 0.2) is 18.5 Å². The summed E-state index contributed by atoms with van der Waals surface area (Å²) in [5, 5.41) is 0.463. The fourth-order valence-corrected chi connectivity index (χ4v) is 4.35. The number of pyridine rings is 2. The third kappa shape index (κ3) is 6.62. The van der Waals surface area contributed by atoms with Crippen molar-refractivity contribution in [3.63, 3.8) is 0 Å². The Balaban J connectivity index is 2.05. The van der Waals surface area contributed by atoms with Gasteiger partial charge >= 0.3 is 5.97 Å². The lowest BCUT2D eigenvalue weighted by atomic mass is 9.82. The van der Waals surface area contributed by atoms with Crippen LogP contribution in [0.2, 0.25) is 5.02 Å². The predicted molar refractivity (Wildman–Crippen MR) is 138 cm³/mol. The first-order valence-electron chi connectivity index (χ1n) is 12.2. The third-order valence-corrected chi connectivity index (χ3v) is 6.43. The summed E-state index contributed by atoms with van der Waals surface area (Å²) in [4.78, 5) is 24.2. The molecule has 1 aliphatic heterocycles. The highest BCUT2D eigenvalue weighted by atomic mass is 35.5. The van der Waals surface area contributed by atoms with Crippen LogP contribution < -0.4 is 9.64 Å².